The number of rotatable bonds is 7. The van der Waals surface area contributed by atoms with Gasteiger partial charge in [-0.1, -0.05) is 30.3 Å². The van der Waals surface area contributed by atoms with E-state index in [1.807, 2.05) is 30.3 Å². The first-order valence-corrected chi connectivity index (χ1v) is 10.5. The van der Waals surface area contributed by atoms with E-state index in [-0.39, 0.29) is 25.7 Å². The minimum absolute atomic E-state index is 0.127. The van der Waals surface area contributed by atoms with Crippen molar-refractivity contribution in [2.75, 3.05) is 13.2 Å². The second-order valence-corrected chi connectivity index (χ2v) is 8.86. The lowest BCUT2D eigenvalue weighted by molar-refractivity contribution is 0.0513. The van der Waals surface area contributed by atoms with Crippen LogP contribution in [-0.4, -0.2) is 48.6 Å². The van der Waals surface area contributed by atoms with Gasteiger partial charge in [-0.2, -0.15) is 0 Å². The first kappa shape index (κ1) is 27.7. The van der Waals surface area contributed by atoms with E-state index in [1.165, 1.54) is 0 Å². The van der Waals surface area contributed by atoms with E-state index in [2.05, 4.69) is 21.1 Å². The molecule has 0 spiro atoms. The summed E-state index contributed by atoms with van der Waals surface area (Å²) in [5, 5.41) is 4.89. The summed E-state index contributed by atoms with van der Waals surface area (Å²) in [5.41, 5.74) is 1.75. The van der Waals surface area contributed by atoms with Crippen molar-refractivity contribution in [3.05, 3.63) is 35.9 Å². The predicted molar refractivity (Wildman–Crippen MR) is 121 cm³/mol. The highest BCUT2D eigenvalue weighted by atomic mass is 16.6. The number of benzene rings is 1. The SMILES string of the molecule is CC(C)(C)OC(=O)/N=C(\NOCCCNC(=O)OCc1ccccc1)NC(=O)OC(C)(C)C. The Kier molecular flexibility index (Phi) is 11.1. The number of nitrogens with one attached hydrogen (secondary N) is 3. The molecule has 0 aliphatic heterocycles. The van der Waals surface area contributed by atoms with Crippen LogP contribution in [0.15, 0.2) is 35.3 Å². The summed E-state index contributed by atoms with van der Waals surface area (Å²) >= 11 is 0. The summed E-state index contributed by atoms with van der Waals surface area (Å²) in [5.74, 6) is -0.297. The maximum absolute atomic E-state index is 12.0. The van der Waals surface area contributed by atoms with Crippen molar-refractivity contribution in [1.29, 1.82) is 0 Å². The van der Waals surface area contributed by atoms with Gasteiger partial charge in [-0.25, -0.2) is 19.9 Å². The third-order valence-corrected chi connectivity index (χ3v) is 3.29. The molecule has 33 heavy (non-hydrogen) atoms. The maximum atomic E-state index is 12.0. The number of alkyl carbamates (subject to hydrolysis) is 2. The number of carbonyl (C=O) groups excluding carboxylic acids is 3. The van der Waals surface area contributed by atoms with Crippen molar-refractivity contribution in [3.63, 3.8) is 0 Å². The molecule has 0 radical (unpaired) electrons. The van der Waals surface area contributed by atoms with Gasteiger partial charge in [0.05, 0.1) is 6.61 Å². The van der Waals surface area contributed by atoms with Gasteiger partial charge in [-0.3, -0.25) is 10.2 Å². The van der Waals surface area contributed by atoms with Crippen molar-refractivity contribution in [2.45, 2.75) is 65.8 Å². The maximum Gasteiger partial charge on any atom is 0.437 e. The van der Waals surface area contributed by atoms with E-state index in [4.69, 9.17) is 19.0 Å². The van der Waals surface area contributed by atoms with E-state index in [1.54, 1.807) is 41.5 Å². The van der Waals surface area contributed by atoms with Crippen LogP contribution in [-0.2, 0) is 25.7 Å². The van der Waals surface area contributed by atoms with Crippen LogP contribution in [0.4, 0.5) is 14.4 Å². The van der Waals surface area contributed by atoms with E-state index in [0.29, 0.717) is 6.42 Å². The van der Waals surface area contributed by atoms with Crippen LogP contribution < -0.4 is 16.1 Å². The van der Waals surface area contributed by atoms with Gasteiger partial charge in [-0.15, -0.1) is 4.99 Å². The molecule has 0 aliphatic rings. The first-order chi connectivity index (χ1) is 15.3. The average molecular weight is 467 g/mol. The summed E-state index contributed by atoms with van der Waals surface area (Å²) in [6.07, 6.45) is -1.89. The molecule has 3 N–H and O–H groups in total. The minimum atomic E-state index is -0.924. The molecule has 0 fully saturated rings. The molecule has 0 atom stereocenters. The summed E-state index contributed by atoms with van der Waals surface area (Å²) in [6, 6.07) is 9.31. The van der Waals surface area contributed by atoms with Gasteiger partial charge in [0.15, 0.2) is 0 Å². The van der Waals surface area contributed by atoms with Gasteiger partial charge in [0.1, 0.15) is 17.8 Å². The first-order valence-electron chi connectivity index (χ1n) is 10.5. The van der Waals surface area contributed by atoms with Crippen molar-refractivity contribution < 1.29 is 33.4 Å². The second-order valence-electron chi connectivity index (χ2n) is 8.86. The summed E-state index contributed by atoms with van der Waals surface area (Å²) < 4.78 is 15.3. The fraction of sp³-hybridized carbons (Fsp3) is 0.545. The van der Waals surface area contributed by atoms with Gasteiger partial charge in [0.2, 0.25) is 5.96 Å². The standard InChI is InChI=1S/C22H34N4O7/c1-21(2,3)32-19(28)24-17(25-20(29)33-22(4,5)6)26-31-14-10-13-23-18(27)30-15-16-11-8-7-9-12-16/h7-9,11-12H,10,13-15H2,1-6H3,(H,23,27)(H2,24,25,26,28,29). The van der Waals surface area contributed by atoms with Crippen LogP contribution in [0.1, 0.15) is 53.5 Å². The molecular formula is C22H34N4O7. The smallest absolute Gasteiger partial charge is 0.437 e. The number of nitrogens with zero attached hydrogens (tertiary/aromatic N) is 1. The van der Waals surface area contributed by atoms with Crippen LogP contribution in [0.5, 0.6) is 0 Å². The molecule has 184 valence electrons. The lowest BCUT2D eigenvalue weighted by Gasteiger charge is -2.21. The number of hydrogen-bond donors (Lipinski definition) is 3. The number of aliphatic imine (C=N–C) groups is 1. The number of carbonyl (C=O) groups is 3. The van der Waals surface area contributed by atoms with Crippen molar-refractivity contribution in [2.24, 2.45) is 4.99 Å². The number of hydroxylamine groups is 1. The monoisotopic (exact) mass is 466 g/mol. The molecule has 0 aliphatic carbocycles. The van der Waals surface area contributed by atoms with Crippen molar-refractivity contribution in [3.8, 4) is 0 Å². The number of amides is 3. The Balaban J connectivity index is 2.42. The number of ether oxygens (including phenoxy) is 3. The van der Waals surface area contributed by atoms with E-state index in [9.17, 15) is 14.4 Å². The molecule has 0 aromatic heterocycles. The molecule has 1 aromatic rings. The molecule has 11 heteroatoms. The van der Waals surface area contributed by atoms with Crippen molar-refractivity contribution in [1.82, 2.24) is 16.1 Å². The van der Waals surface area contributed by atoms with Crippen LogP contribution in [0.3, 0.4) is 0 Å². The topological polar surface area (TPSA) is 137 Å². The molecule has 0 saturated heterocycles. The number of guanidine groups is 1. The molecule has 3 amide bonds. The van der Waals surface area contributed by atoms with Crippen LogP contribution in [0, 0.1) is 0 Å². The molecular weight excluding hydrogens is 432 g/mol. The van der Waals surface area contributed by atoms with Crippen LogP contribution in [0.25, 0.3) is 0 Å². The minimum Gasteiger partial charge on any atom is -0.445 e. The average Bonchev–Trinajstić information content (AvgIpc) is 2.66. The highest BCUT2D eigenvalue weighted by Gasteiger charge is 2.20. The fourth-order valence-electron chi connectivity index (χ4n) is 2.08. The molecule has 11 nitrogen and oxygen atoms in total. The molecule has 0 bridgehead atoms. The van der Waals surface area contributed by atoms with Crippen LogP contribution in [0.2, 0.25) is 0 Å². The zero-order valence-electron chi connectivity index (χ0n) is 20.0. The number of hydrogen-bond acceptors (Lipinski definition) is 7. The Morgan fingerprint density at radius 3 is 2.15 bits per heavy atom. The van der Waals surface area contributed by atoms with E-state index in [0.717, 1.165) is 5.56 Å². The summed E-state index contributed by atoms with van der Waals surface area (Å²) in [7, 11) is 0. The Hall–Kier alpha value is -3.34. The lowest BCUT2D eigenvalue weighted by Crippen LogP contribution is -2.44. The van der Waals surface area contributed by atoms with Gasteiger partial charge in [0.25, 0.3) is 0 Å². The molecule has 0 unspecified atom stereocenters. The predicted octanol–water partition coefficient (Wildman–Crippen LogP) is 3.64. The van der Waals surface area contributed by atoms with Gasteiger partial charge in [0, 0.05) is 6.54 Å². The quantitative estimate of drug-likeness (QED) is 0.182. The fourth-order valence-corrected chi connectivity index (χ4v) is 2.08. The Bertz CT molecular complexity index is 799. The highest BCUT2D eigenvalue weighted by molar-refractivity contribution is 5.98. The zero-order valence-corrected chi connectivity index (χ0v) is 20.0. The van der Waals surface area contributed by atoms with Gasteiger partial charge >= 0.3 is 18.3 Å². The highest BCUT2D eigenvalue weighted by Crippen LogP contribution is 2.08. The largest absolute Gasteiger partial charge is 0.445 e. The Labute approximate surface area is 194 Å². The molecule has 1 aromatic carbocycles. The summed E-state index contributed by atoms with van der Waals surface area (Å²) in [4.78, 5) is 44.5. The van der Waals surface area contributed by atoms with Gasteiger partial charge in [-0.05, 0) is 53.5 Å². The second kappa shape index (κ2) is 13.3. The van der Waals surface area contributed by atoms with Gasteiger partial charge < -0.3 is 19.5 Å². The van der Waals surface area contributed by atoms with E-state index >= 15 is 0 Å². The molecule has 0 saturated carbocycles. The lowest BCUT2D eigenvalue weighted by atomic mass is 10.2. The molecule has 1 rings (SSSR count). The normalized spacial score (nSPS) is 11.9. The Morgan fingerprint density at radius 2 is 1.55 bits per heavy atom. The van der Waals surface area contributed by atoms with Crippen LogP contribution >= 0.6 is 0 Å². The third kappa shape index (κ3) is 15.2. The van der Waals surface area contributed by atoms with E-state index < -0.39 is 29.5 Å². The Morgan fingerprint density at radius 1 is 0.909 bits per heavy atom. The zero-order chi connectivity index (χ0) is 24.9. The summed E-state index contributed by atoms with van der Waals surface area (Å²) in [6.45, 7) is 10.7. The molecule has 0 heterocycles. The van der Waals surface area contributed by atoms with Crippen molar-refractivity contribution >= 4 is 24.2 Å². The third-order valence-electron chi connectivity index (χ3n) is 3.29.